The lowest BCUT2D eigenvalue weighted by molar-refractivity contribution is 0.102. The second kappa shape index (κ2) is 6.96. The minimum absolute atomic E-state index is 0.0945. The Morgan fingerprint density at radius 3 is 2.70 bits per heavy atom. The lowest BCUT2D eigenvalue weighted by atomic mass is 10.1. The van der Waals surface area contributed by atoms with Gasteiger partial charge in [-0.15, -0.1) is 0 Å². The van der Waals surface area contributed by atoms with Crippen molar-refractivity contribution in [3.8, 4) is 0 Å². The number of carbonyl (C=O) groups excluding carboxylic acids is 1. The molecule has 0 unspecified atom stereocenters. The molecule has 0 saturated carbocycles. The standard InChI is InChI=1S/C19H18F2N4O2/c1-11-23-18-16(21)8-12(9-17(18)27-11)24-19(26)14-3-2-13(10-15(14)20)25-6-4-22-5-7-25/h2-3,8-10,22H,4-7H2,1H3,(H,24,26). The van der Waals surface area contributed by atoms with E-state index in [-0.39, 0.29) is 22.4 Å². The van der Waals surface area contributed by atoms with Gasteiger partial charge in [-0.25, -0.2) is 13.8 Å². The first-order valence-electron chi connectivity index (χ1n) is 8.64. The van der Waals surface area contributed by atoms with E-state index in [0.29, 0.717) is 5.89 Å². The van der Waals surface area contributed by atoms with Gasteiger partial charge < -0.3 is 20.0 Å². The van der Waals surface area contributed by atoms with Crippen molar-refractivity contribution in [2.45, 2.75) is 6.92 Å². The summed E-state index contributed by atoms with van der Waals surface area (Å²) in [5.41, 5.74) is 1.11. The molecule has 0 bridgehead atoms. The number of aromatic nitrogens is 1. The molecule has 3 aromatic rings. The summed E-state index contributed by atoms with van der Waals surface area (Å²) in [6, 6.07) is 7.10. The van der Waals surface area contributed by atoms with Crippen LogP contribution in [0.1, 0.15) is 16.2 Å². The van der Waals surface area contributed by atoms with Crippen molar-refractivity contribution in [1.29, 1.82) is 0 Å². The normalized spacial score (nSPS) is 14.6. The average molecular weight is 372 g/mol. The smallest absolute Gasteiger partial charge is 0.258 e. The van der Waals surface area contributed by atoms with E-state index in [9.17, 15) is 13.6 Å². The van der Waals surface area contributed by atoms with Crippen molar-refractivity contribution in [1.82, 2.24) is 10.3 Å². The number of amides is 1. The zero-order valence-electron chi connectivity index (χ0n) is 14.7. The van der Waals surface area contributed by atoms with E-state index in [2.05, 4.69) is 20.5 Å². The van der Waals surface area contributed by atoms with Crippen molar-refractivity contribution in [3.63, 3.8) is 0 Å². The van der Waals surface area contributed by atoms with E-state index >= 15 is 0 Å². The molecule has 4 rings (SSSR count). The van der Waals surface area contributed by atoms with Crippen LogP contribution in [0.3, 0.4) is 0 Å². The van der Waals surface area contributed by atoms with Crippen molar-refractivity contribution in [2.75, 3.05) is 36.4 Å². The highest BCUT2D eigenvalue weighted by molar-refractivity contribution is 6.05. The summed E-state index contributed by atoms with van der Waals surface area (Å²) in [6.45, 7) is 4.83. The van der Waals surface area contributed by atoms with Crippen LogP contribution in [0.5, 0.6) is 0 Å². The molecule has 0 spiro atoms. The van der Waals surface area contributed by atoms with Gasteiger partial charge in [0.05, 0.1) is 5.56 Å². The lowest BCUT2D eigenvalue weighted by Gasteiger charge is -2.29. The summed E-state index contributed by atoms with van der Waals surface area (Å²) >= 11 is 0. The number of nitrogens with zero attached hydrogens (tertiary/aromatic N) is 2. The summed E-state index contributed by atoms with van der Waals surface area (Å²) in [4.78, 5) is 18.4. The maximum atomic E-state index is 14.5. The van der Waals surface area contributed by atoms with Crippen LogP contribution < -0.4 is 15.5 Å². The number of oxazole rings is 1. The molecular weight excluding hydrogens is 354 g/mol. The van der Waals surface area contributed by atoms with E-state index in [1.54, 1.807) is 13.0 Å². The summed E-state index contributed by atoms with van der Waals surface area (Å²) in [5.74, 6) is -1.58. The van der Waals surface area contributed by atoms with E-state index in [1.807, 2.05) is 0 Å². The Hall–Kier alpha value is -3.00. The summed E-state index contributed by atoms with van der Waals surface area (Å²) in [7, 11) is 0. The Morgan fingerprint density at radius 1 is 1.19 bits per heavy atom. The molecule has 2 N–H and O–H groups in total. The molecule has 8 heteroatoms. The van der Waals surface area contributed by atoms with Crippen LogP contribution in [0.15, 0.2) is 34.7 Å². The number of rotatable bonds is 3. The highest BCUT2D eigenvalue weighted by Gasteiger charge is 2.17. The highest BCUT2D eigenvalue weighted by atomic mass is 19.1. The predicted octanol–water partition coefficient (Wildman–Crippen LogP) is 3.08. The third-order valence-corrected chi connectivity index (χ3v) is 4.49. The van der Waals surface area contributed by atoms with Crippen molar-refractivity contribution >= 4 is 28.4 Å². The van der Waals surface area contributed by atoms with Crippen LogP contribution in [-0.2, 0) is 0 Å². The summed E-state index contributed by atoms with van der Waals surface area (Å²) in [6.07, 6.45) is 0. The van der Waals surface area contributed by atoms with Gasteiger partial charge >= 0.3 is 0 Å². The van der Waals surface area contributed by atoms with Crippen LogP contribution in [0.4, 0.5) is 20.2 Å². The number of fused-ring (bicyclic) bond motifs is 1. The first-order valence-corrected chi connectivity index (χ1v) is 8.64. The number of anilines is 2. The summed E-state index contributed by atoms with van der Waals surface area (Å²) in [5, 5.41) is 5.74. The predicted molar refractivity (Wildman–Crippen MR) is 98.1 cm³/mol. The quantitative estimate of drug-likeness (QED) is 0.739. The van der Waals surface area contributed by atoms with Gasteiger partial charge in [-0.1, -0.05) is 0 Å². The first kappa shape index (κ1) is 17.4. The molecule has 0 atom stereocenters. The van der Waals surface area contributed by atoms with Gasteiger partial charge in [0.1, 0.15) is 11.3 Å². The minimum Gasteiger partial charge on any atom is -0.441 e. The number of hydrogen-bond acceptors (Lipinski definition) is 5. The lowest BCUT2D eigenvalue weighted by Crippen LogP contribution is -2.43. The fraction of sp³-hybridized carbons (Fsp3) is 0.263. The summed E-state index contributed by atoms with van der Waals surface area (Å²) < 4.78 is 33.9. The maximum absolute atomic E-state index is 14.5. The van der Waals surface area contributed by atoms with Crippen LogP contribution in [-0.4, -0.2) is 37.1 Å². The van der Waals surface area contributed by atoms with Gasteiger partial charge in [-0.2, -0.15) is 0 Å². The third kappa shape index (κ3) is 3.48. The molecule has 0 aliphatic carbocycles. The van der Waals surface area contributed by atoms with Crippen LogP contribution in [0.2, 0.25) is 0 Å². The Morgan fingerprint density at radius 2 is 1.96 bits per heavy atom. The Balaban J connectivity index is 1.56. The molecule has 1 saturated heterocycles. The van der Waals surface area contributed by atoms with Gasteiger partial charge in [-0.3, -0.25) is 4.79 Å². The molecule has 1 aliphatic rings. The van der Waals surface area contributed by atoms with Crippen LogP contribution >= 0.6 is 0 Å². The molecule has 1 fully saturated rings. The van der Waals surface area contributed by atoms with Crippen molar-refractivity contribution in [2.24, 2.45) is 0 Å². The topological polar surface area (TPSA) is 70.4 Å². The SMILES string of the molecule is Cc1nc2c(F)cc(NC(=O)c3ccc(N4CCNCC4)cc3F)cc2o1. The molecule has 0 radical (unpaired) electrons. The zero-order valence-corrected chi connectivity index (χ0v) is 14.7. The molecule has 6 nitrogen and oxygen atoms in total. The first-order chi connectivity index (χ1) is 13.0. The fourth-order valence-electron chi connectivity index (χ4n) is 3.18. The Labute approximate surface area is 154 Å². The van der Waals surface area contributed by atoms with E-state index in [4.69, 9.17) is 4.42 Å². The third-order valence-electron chi connectivity index (χ3n) is 4.49. The van der Waals surface area contributed by atoms with Crippen molar-refractivity contribution < 1.29 is 18.0 Å². The highest BCUT2D eigenvalue weighted by Crippen LogP contribution is 2.25. The Bertz CT molecular complexity index is 1010. The maximum Gasteiger partial charge on any atom is 0.258 e. The second-order valence-electron chi connectivity index (χ2n) is 6.39. The van der Waals surface area contributed by atoms with Gasteiger partial charge in [0.2, 0.25) is 0 Å². The van der Waals surface area contributed by atoms with Crippen molar-refractivity contribution in [3.05, 3.63) is 53.4 Å². The largest absolute Gasteiger partial charge is 0.441 e. The second-order valence-corrected chi connectivity index (χ2v) is 6.39. The van der Waals surface area contributed by atoms with Crippen LogP contribution in [0, 0.1) is 18.6 Å². The molecule has 2 heterocycles. The van der Waals surface area contributed by atoms with E-state index in [1.165, 1.54) is 18.2 Å². The Kier molecular flexibility index (Phi) is 4.49. The number of nitrogens with one attached hydrogen (secondary N) is 2. The van der Waals surface area contributed by atoms with Crippen LogP contribution in [0.25, 0.3) is 11.1 Å². The van der Waals surface area contributed by atoms with Gasteiger partial charge in [0, 0.05) is 50.5 Å². The van der Waals surface area contributed by atoms with E-state index in [0.717, 1.165) is 37.9 Å². The number of aryl methyl sites for hydroxylation is 1. The van der Waals surface area contributed by atoms with Gasteiger partial charge in [0.25, 0.3) is 5.91 Å². The molecule has 1 aliphatic heterocycles. The number of benzene rings is 2. The molecule has 1 aromatic heterocycles. The van der Waals surface area contributed by atoms with Gasteiger partial charge in [0.15, 0.2) is 17.3 Å². The molecule has 27 heavy (non-hydrogen) atoms. The van der Waals surface area contributed by atoms with E-state index < -0.39 is 17.5 Å². The molecule has 140 valence electrons. The number of carbonyl (C=O) groups is 1. The molecular formula is C19H18F2N4O2. The zero-order chi connectivity index (χ0) is 19.0. The fourth-order valence-corrected chi connectivity index (χ4v) is 3.18. The molecule has 2 aromatic carbocycles. The number of piperazine rings is 1. The van der Waals surface area contributed by atoms with Gasteiger partial charge in [-0.05, 0) is 24.3 Å². The molecule has 1 amide bonds. The average Bonchev–Trinajstić information content (AvgIpc) is 3.03. The minimum atomic E-state index is -0.658. The number of hydrogen-bond donors (Lipinski definition) is 2. The number of halogens is 2. The monoisotopic (exact) mass is 372 g/mol.